The van der Waals surface area contributed by atoms with Crippen molar-refractivity contribution in [2.45, 2.75) is 13.3 Å². The molecule has 29 heavy (non-hydrogen) atoms. The van der Waals surface area contributed by atoms with Gasteiger partial charge in [0, 0.05) is 37.2 Å². The summed E-state index contributed by atoms with van der Waals surface area (Å²) in [6.45, 7) is 1.75. The van der Waals surface area contributed by atoms with E-state index in [1.54, 1.807) is 42.5 Å². The lowest BCUT2D eigenvalue weighted by Crippen LogP contribution is -2.26. The van der Waals surface area contributed by atoms with Crippen LogP contribution in [0.2, 0.25) is 0 Å². The standard InChI is InChI=1S/C21H20FN5O2/c1-14(28)26-17-6-8-18(9-7-17)27-21-24-12-16(13-25-21)20(29)23-11-10-15-4-2-3-5-19(15)22/h2-9,12-13H,10-11H2,1H3,(H,23,29)(H,26,28)(H,24,25,27). The fourth-order valence-corrected chi connectivity index (χ4v) is 2.59. The highest BCUT2D eigenvalue weighted by atomic mass is 19.1. The predicted molar refractivity (Wildman–Crippen MR) is 108 cm³/mol. The van der Waals surface area contributed by atoms with Crippen LogP contribution >= 0.6 is 0 Å². The highest BCUT2D eigenvalue weighted by Gasteiger charge is 2.08. The van der Waals surface area contributed by atoms with E-state index in [9.17, 15) is 14.0 Å². The van der Waals surface area contributed by atoms with Gasteiger partial charge in [0.1, 0.15) is 5.82 Å². The zero-order valence-electron chi connectivity index (χ0n) is 15.8. The number of anilines is 3. The lowest BCUT2D eigenvalue weighted by molar-refractivity contribution is -0.114. The SMILES string of the molecule is CC(=O)Nc1ccc(Nc2ncc(C(=O)NCCc3ccccc3F)cn2)cc1. The molecule has 0 atom stereocenters. The smallest absolute Gasteiger partial charge is 0.254 e. The molecule has 0 spiro atoms. The minimum Gasteiger partial charge on any atom is -0.352 e. The number of carbonyl (C=O) groups is 2. The van der Waals surface area contributed by atoms with E-state index in [0.29, 0.717) is 35.7 Å². The summed E-state index contributed by atoms with van der Waals surface area (Å²) in [7, 11) is 0. The molecule has 0 aliphatic carbocycles. The molecule has 0 saturated heterocycles. The highest BCUT2D eigenvalue weighted by molar-refractivity contribution is 5.93. The molecule has 148 valence electrons. The summed E-state index contributed by atoms with van der Waals surface area (Å²) >= 11 is 0. The minimum absolute atomic E-state index is 0.142. The van der Waals surface area contributed by atoms with Crippen molar-refractivity contribution in [3.8, 4) is 0 Å². The van der Waals surface area contributed by atoms with Crippen LogP contribution in [0.1, 0.15) is 22.8 Å². The van der Waals surface area contributed by atoms with Gasteiger partial charge >= 0.3 is 0 Å². The topological polar surface area (TPSA) is 96.0 Å². The van der Waals surface area contributed by atoms with Crippen molar-refractivity contribution in [1.29, 1.82) is 0 Å². The number of amides is 2. The maximum atomic E-state index is 13.6. The number of hydrogen-bond donors (Lipinski definition) is 3. The van der Waals surface area contributed by atoms with Crippen molar-refractivity contribution in [1.82, 2.24) is 15.3 Å². The fraction of sp³-hybridized carbons (Fsp3) is 0.143. The molecule has 3 aromatic rings. The highest BCUT2D eigenvalue weighted by Crippen LogP contribution is 2.16. The van der Waals surface area contributed by atoms with Crippen LogP contribution in [0.25, 0.3) is 0 Å². The van der Waals surface area contributed by atoms with Crippen molar-refractivity contribution < 1.29 is 14.0 Å². The molecule has 7 nitrogen and oxygen atoms in total. The maximum absolute atomic E-state index is 13.6. The summed E-state index contributed by atoms with van der Waals surface area (Å²) < 4.78 is 13.6. The number of hydrogen-bond acceptors (Lipinski definition) is 5. The molecule has 0 radical (unpaired) electrons. The summed E-state index contributed by atoms with van der Waals surface area (Å²) in [6, 6.07) is 13.5. The molecule has 0 saturated carbocycles. The van der Waals surface area contributed by atoms with Crippen LogP contribution in [-0.4, -0.2) is 28.3 Å². The average molecular weight is 393 g/mol. The van der Waals surface area contributed by atoms with Crippen LogP contribution in [0.15, 0.2) is 60.9 Å². The van der Waals surface area contributed by atoms with Crippen LogP contribution in [-0.2, 0) is 11.2 Å². The Morgan fingerprint density at radius 3 is 2.28 bits per heavy atom. The Bertz CT molecular complexity index is 991. The summed E-state index contributed by atoms with van der Waals surface area (Å²) in [5, 5.41) is 8.42. The van der Waals surface area contributed by atoms with Gasteiger partial charge in [-0.25, -0.2) is 14.4 Å². The molecule has 2 amide bonds. The van der Waals surface area contributed by atoms with E-state index in [1.165, 1.54) is 25.4 Å². The number of nitrogens with one attached hydrogen (secondary N) is 3. The minimum atomic E-state index is -0.326. The molecule has 0 fully saturated rings. The Balaban J connectivity index is 1.52. The van der Waals surface area contributed by atoms with Crippen molar-refractivity contribution in [3.63, 3.8) is 0 Å². The Labute approximate surface area is 167 Å². The van der Waals surface area contributed by atoms with Gasteiger partial charge < -0.3 is 16.0 Å². The lowest BCUT2D eigenvalue weighted by atomic mass is 10.1. The molecule has 1 aromatic heterocycles. The van der Waals surface area contributed by atoms with Crippen molar-refractivity contribution >= 4 is 29.1 Å². The maximum Gasteiger partial charge on any atom is 0.254 e. The summed E-state index contributed by atoms with van der Waals surface area (Å²) in [4.78, 5) is 31.5. The van der Waals surface area contributed by atoms with Gasteiger partial charge in [-0.3, -0.25) is 9.59 Å². The first-order chi connectivity index (χ1) is 14.0. The zero-order valence-corrected chi connectivity index (χ0v) is 15.8. The Morgan fingerprint density at radius 2 is 1.62 bits per heavy atom. The Morgan fingerprint density at radius 1 is 0.966 bits per heavy atom. The first-order valence-electron chi connectivity index (χ1n) is 8.99. The van der Waals surface area contributed by atoms with Crippen LogP contribution in [0.3, 0.4) is 0 Å². The average Bonchev–Trinajstić information content (AvgIpc) is 2.71. The van der Waals surface area contributed by atoms with Crippen molar-refractivity contribution in [2.75, 3.05) is 17.2 Å². The molecule has 8 heteroatoms. The zero-order chi connectivity index (χ0) is 20.6. The number of nitrogens with zero attached hydrogens (tertiary/aromatic N) is 2. The van der Waals surface area contributed by atoms with E-state index in [-0.39, 0.29) is 17.6 Å². The van der Waals surface area contributed by atoms with E-state index < -0.39 is 0 Å². The van der Waals surface area contributed by atoms with Gasteiger partial charge in [0.2, 0.25) is 11.9 Å². The second-order valence-corrected chi connectivity index (χ2v) is 6.28. The third-order valence-corrected chi connectivity index (χ3v) is 4.01. The number of halogens is 1. The van der Waals surface area contributed by atoms with Gasteiger partial charge in [-0.1, -0.05) is 18.2 Å². The van der Waals surface area contributed by atoms with Crippen LogP contribution < -0.4 is 16.0 Å². The molecule has 0 unspecified atom stereocenters. The summed E-state index contributed by atoms with van der Waals surface area (Å²) in [5.41, 5.74) is 2.28. The van der Waals surface area contributed by atoms with E-state index in [2.05, 4.69) is 25.9 Å². The molecule has 3 rings (SSSR count). The first kappa shape index (κ1) is 19.9. The fourth-order valence-electron chi connectivity index (χ4n) is 2.59. The largest absolute Gasteiger partial charge is 0.352 e. The lowest BCUT2D eigenvalue weighted by Gasteiger charge is -2.08. The normalized spacial score (nSPS) is 10.3. The molecule has 0 bridgehead atoms. The number of aromatic nitrogens is 2. The second kappa shape index (κ2) is 9.41. The number of rotatable bonds is 7. The van der Waals surface area contributed by atoms with Gasteiger partial charge in [-0.2, -0.15) is 0 Å². The first-order valence-corrected chi connectivity index (χ1v) is 8.99. The van der Waals surface area contributed by atoms with Crippen molar-refractivity contribution in [3.05, 3.63) is 77.9 Å². The second-order valence-electron chi connectivity index (χ2n) is 6.28. The molecule has 3 N–H and O–H groups in total. The number of carbonyl (C=O) groups excluding carboxylic acids is 2. The summed E-state index contributed by atoms with van der Waals surface area (Å²) in [5.74, 6) is -0.421. The van der Waals surface area contributed by atoms with Crippen molar-refractivity contribution in [2.24, 2.45) is 0 Å². The van der Waals surface area contributed by atoms with Gasteiger partial charge in [0.15, 0.2) is 0 Å². The van der Waals surface area contributed by atoms with Crippen LogP contribution in [0.5, 0.6) is 0 Å². The molecule has 2 aromatic carbocycles. The molecular weight excluding hydrogens is 373 g/mol. The molecule has 0 aliphatic heterocycles. The quantitative estimate of drug-likeness (QED) is 0.572. The van der Waals surface area contributed by atoms with Gasteiger partial charge in [0.05, 0.1) is 5.56 Å². The summed E-state index contributed by atoms with van der Waals surface area (Å²) in [6.07, 6.45) is 3.23. The third-order valence-electron chi connectivity index (χ3n) is 4.01. The molecule has 1 heterocycles. The van der Waals surface area contributed by atoms with Gasteiger partial charge in [-0.15, -0.1) is 0 Å². The van der Waals surface area contributed by atoms with E-state index in [0.717, 1.165) is 5.69 Å². The van der Waals surface area contributed by atoms with E-state index >= 15 is 0 Å². The molecular formula is C21H20FN5O2. The Hall–Kier alpha value is -3.81. The Kier molecular flexibility index (Phi) is 6.47. The number of benzene rings is 2. The van der Waals surface area contributed by atoms with E-state index in [1.807, 2.05) is 0 Å². The monoisotopic (exact) mass is 393 g/mol. The van der Waals surface area contributed by atoms with Gasteiger partial charge in [-0.05, 0) is 42.3 Å². The predicted octanol–water partition coefficient (Wildman–Crippen LogP) is 3.29. The van der Waals surface area contributed by atoms with E-state index in [4.69, 9.17) is 0 Å². The van der Waals surface area contributed by atoms with Crippen LogP contribution in [0.4, 0.5) is 21.7 Å². The molecule has 0 aliphatic rings. The van der Waals surface area contributed by atoms with Gasteiger partial charge in [0.25, 0.3) is 5.91 Å². The third kappa shape index (κ3) is 5.83. The van der Waals surface area contributed by atoms with Crippen LogP contribution in [0, 0.1) is 5.82 Å².